The second kappa shape index (κ2) is 4.97. The highest BCUT2D eigenvalue weighted by atomic mass is 16.3. The Bertz CT molecular complexity index is 601. The van der Waals surface area contributed by atoms with Gasteiger partial charge in [0, 0.05) is 23.7 Å². The number of fused-ring (bicyclic) bond motifs is 1. The molecule has 1 amide bonds. The van der Waals surface area contributed by atoms with Crippen molar-refractivity contribution in [2.75, 3.05) is 6.54 Å². The molecule has 1 aliphatic carbocycles. The molecule has 3 rings (SSSR count). The molecule has 1 aromatic heterocycles. The van der Waals surface area contributed by atoms with Crippen molar-refractivity contribution in [1.29, 1.82) is 0 Å². The van der Waals surface area contributed by atoms with Gasteiger partial charge in [-0.25, -0.2) is 0 Å². The van der Waals surface area contributed by atoms with Gasteiger partial charge in [0.1, 0.15) is 0 Å². The molecule has 1 aliphatic rings. The Morgan fingerprint density at radius 2 is 2.16 bits per heavy atom. The van der Waals surface area contributed by atoms with Crippen LogP contribution >= 0.6 is 0 Å². The Morgan fingerprint density at radius 3 is 2.95 bits per heavy atom. The zero-order valence-corrected chi connectivity index (χ0v) is 10.5. The fraction of sp³-hybridized carbons (Fsp3) is 0.333. The van der Waals surface area contributed by atoms with Crippen LogP contribution in [0.5, 0.6) is 0 Å². The summed E-state index contributed by atoms with van der Waals surface area (Å²) < 4.78 is 0. The van der Waals surface area contributed by atoms with E-state index in [2.05, 4.69) is 10.3 Å². The van der Waals surface area contributed by atoms with Crippen LogP contribution in [0, 0.1) is 5.92 Å². The second-order valence-corrected chi connectivity index (χ2v) is 5.08. The Balaban J connectivity index is 1.74. The third-order valence-electron chi connectivity index (χ3n) is 3.65. The van der Waals surface area contributed by atoms with Gasteiger partial charge in [0.25, 0.3) is 5.91 Å². The Labute approximate surface area is 111 Å². The molecule has 1 heterocycles. The molecule has 98 valence electrons. The Hall–Kier alpha value is -1.94. The van der Waals surface area contributed by atoms with Gasteiger partial charge in [-0.1, -0.05) is 12.1 Å². The van der Waals surface area contributed by atoms with Crippen LogP contribution in [0.15, 0.2) is 36.5 Å². The average molecular weight is 256 g/mol. The van der Waals surface area contributed by atoms with E-state index in [1.165, 1.54) is 0 Å². The molecule has 2 aromatic rings. The van der Waals surface area contributed by atoms with Crippen molar-refractivity contribution < 1.29 is 9.90 Å². The van der Waals surface area contributed by atoms with Crippen molar-refractivity contribution in [3.05, 3.63) is 42.1 Å². The number of nitrogens with one attached hydrogen (secondary N) is 1. The third-order valence-corrected chi connectivity index (χ3v) is 3.65. The second-order valence-electron chi connectivity index (χ2n) is 5.08. The van der Waals surface area contributed by atoms with E-state index < -0.39 is 0 Å². The minimum absolute atomic E-state index is 0.0695. The lowest BCUT2D eigenvalue weighted by Crippen LogP contribution is -2.38. The van der Waals surface area contributed by atoms with Crippen LogP contribution in [0.3, 0.4) is 0 Å². The van der Waals surface area contributed by atoms with Crippen molar-refractivity contribution in [3.8, 4) is 0 Å². The first-order valence-corrected chi connectivity index (χ1v) is 6.54. The maximum Gasteiger partial charge on any atom is 0.251 e. The van der Waals surface area contributed by atoms with Crippen LogP contribution in [0.25, 0.3) is 10.9 Å². The molecule has 0 radical (unpaired) electrons. The molecule has 0 aliphatic heterocycles. The third kappa shape index (κ3) is 2.44. The summed E-state index contributed by atoms with van der Waals surface area (Å²) in [6.07, 6.45) is 3.12. The molecule has 19 heavy (non-hydrogen) atoms. The van der Waals surface area contributed by atoms with Gasteiger partial charge in [-0.3, -0.25) is 9.78 Å². The fourth-order valence-corrected chi connectivity index (χ4v) is 2.50. The molecule has 0 atom stereocenters. The van der Waals surface area contributed by atoms with E-state index in [0.717, 1.165) is 23.7 Å². The number of hydrogen-bond donors (Lipinski definition) is 2. The number of aliphatic hydroxyl groups excluding tert-OH is 1. The molecule has 4 heteroatoms. The van der Waals surface area contributed by atoms with Gasteiger partial charge < -0.3 is 10.4 Å². The predicted octanol–water partition coefficient (Wildman–Crippen LogP) is 1.74. The average Bonchev–Trinajstić information content (AvgIpc) is 2.41. The number of aliphatic hydroxyl groups is 1. The van der Waals surface area contributed by atoms with Gasteiger partial charge >= 0.3 is 0 Å². The summed E-state index contributed by atoms with van der Waals surface area (Å²) in [5.41, 5.74) is 1.49. The van der Waals surface area contributed by atoms with Crippen LogP contribution in [-0.2, 0) is 0 Å². The van der Waals surface area contributed by atoms with Crippen molar-refractivity contribution in [2.24, 2.45) is 5.92 Å². The van der Waals surface area contributed by atoms with E-state index in [-0.39, 0.29) is 12.0 Å². The van der Waals surface area contributed by atoms with Crippen LogP contribution in [0.1, 0.15) is 23.2 Å². The number of hydrogen-bond acceptors (Lipinski definition) is 3. The lowest BCUT2D eigenvalue weighted by Gasteiger charge is -2.31. The van der Waals surface area contributed by atoms with Crippen LogP contribution in [0.4, 0.5) is 0 Å². The number of carbonyl (C=O) groups excluding carboxylic acids is 1. The first-order valence-electron chi connectivity index (χ1n) is 6.54. The maximum absolute atomic E-state index is 12.2. The lowest BCUT2D eigenvalue weighted by molar-refractivity contribution is 0.0420. The standard InChI is InChI=1S/C15H16N2O2/c18-11-7-10(8-11)9-17-15(19)13-3-1-5-14-12(13)4-2-6-16-14/h1-6,10-11,18H,7-9H2,(H,17,19). The highest BCUT2D eigenvalue weighted by Gasteiger charge is 2.27. The summed E-state index contributed by atoms with van der Waals surface area (Å²) in [4.78, 5) is 16.4. The first kappa shape index (κ1) is 12.1. The molecule has 1 fully saturated rings. The van der Waals surface area contributed by atoms with E-state index in [9.17, 15) is 9.90 Å². The maximum atomic E-state index is 12.2. The van der Waals surface area contributed by atoms with Crippen LogP contribution in [-0.4, -0.2) is 28.6 Å². The van der Waals surface area contributed by atoms with Gasteiger partial charge in [-0.05, 0) is 37.0 Å². The van der Waals surface area contributed by atoms with Gasteiger partial charge in [0.2, 0.25) is 0 Å². The van der Waals surface area contributed by atoms with Gasteiger partial charge in [-0.15, -0.1) is 0 Å². The van der Waals surface area contributed by atoms with Crippen LogP contribution < -0.4 is 5.32 Å². The molecule has 1 aromatic carbocycles. The largest absolute Gasteiger partial charge is 0.393 e. The smallest absolute Gasteiger partial charge is 0.251 e. The lowest BCUT2D eigenvalue weighted by atomic mass is 9.82. The van der Waals surface area contributed by atoms with E-state index in [1.54, 1.807) is 6.20 Å². The fourth-order valence-electron chi connectivity index (χ4n) is 2.50. The topological polar surface area (TPSA) is 62.2 Å². The number of pyridine rings is 1. The van der Waals surface area contributed by atoms with Crippen molar-refractivity contribution in [2.45, 2.75) is 18.9 Å². The SMILES string of the molecule is O=C(NCC1CC(O)C1)c1cccc2ncccc12. The van der Waals surface area contributed by atoms with Crippen molar-refractivity contribution in [1.82, 2.24) is 10.3 Å². The van der Waals surface area contributed by atoms with Crippen LogP contribution in [0.2, 0.25) is 0 Å². The summed E-state index contributed by atoms with van der Waals surface area (Å²) in [6, 6.07) is 9.30. The van der Waals surface area contributed by atoms with Crippen molar-refractivity contribution >= 4 is 16.8 Å². The number of carbonyl (C=O) groups is 1. The number of amides is 1. The normalized spacial score (nSPS) is 21.9. The molecule has 0 saturated heterocycles. The number of aromatic nitrogens is 1. The molecular formula is C15H16N2O2. The zero-order chi connectivity index (χ0) is 13.2. The van der Waals surface area contributed by atoms with E-state index >= 15 is 0 Å². The Morgan fingerprint density at radius 1 is 1.32 bits per heavy atom. The highest BCUT2D eigenvalue weighted by Crippen LogP contribution is 2.26. The van der Waals surface area contributed by atoms with Gasteiger partial charge in [0.05, 0.1) is 11.6 Å². The summed E-state index contributed by atoms with van der Waals surface area (Å²) >= 11 is 0. The summed E-state index contributed by atoms with van der Waals surface area (Å²) in [7, 11) is 0. The molecule has 2 N–H and O–H groups in total. The number of rotatable bonds is 3. The summed E-state index contributed by atoms with van der Waals surface area (Å²) in [5, 5.41) is 13.0. The number of benzene rings is 1. The quantitative estimate of drug-likeness (QED) is 0.879. The number of nitrogens with zero attached hydrogens (tertiary/aromatic N) is 1. The molecule has 1 saturated carbocycles. The zero-order valence-electron chi connectivity index (χ0n) is 10.5. The van der Waals surface area contributed by atoms with E-state index in [1.807, 2.05) is 30.3 Å². The van der Waals surface area contributed by atoms with Gasteiger partial charge in [0.15, 0.2) is 0 Å². The van der Waals surface area contributed by atoms with E-state index in [0.29, 0.717) is 18.0 Å². The highest BCUT2D eigenvalue weighted by molar-refractivity contribution is 6.06. The molecule has 0 spiro atoms. The molecular weight excluding hydrogens is 240 g/mol. The van der Waals surface area contributed by atoms with E-state index in [4.69, 9.17) is 0 Å². The Kier molecular flexibility index (Phi) is 3.17. The monoisotopic (exact) mass is 256 g/mol. The van der Waals surface area contributed by atoms with Gasteiger partial charge in [-0.2, -0.15) is 0 Å². The minimum atomic E-state index is -0.177. The predicted molar refractivity (Wildman–Crippen MR) is 72.8 cm³/mol. The summed E-state index contributed by atoms with van der Waals surface area (Å²) in [5.74, 6) is 0.340. The molecule has 0 unspecified atom stereocenters. The molecule has 0 bridgehead atoms. The molecule has 4 nitrogen and oxygen atoms in total. The first-order chi connectivity index (χ1) is 9.24. The van der Waals surface area contributed by atoms with Crippen molar-refractivity contribution in [3.63, 3.8) is 0 Å². The minimum Gasteiger partial charge on any atom is -0.393 e. The summed E-state index contributed by atoms with van der Waals surface area (Å²) in [6.45, 7) is 0.631.